The van der Waals surface area contributed by atoms with Crippen molar-refractivity contribution >= 4 is 40.7 Å². The molecular formula is C17H24Cl3NO3. The van der Waals surface area contributed by atoms with Crippen LogP contribution in [0.3, 0.4) is 0 Å². The van der Waals surface area contributed by atoms with E-state index in [0.29, 0.717) is 17.9 Å². The van der Waals surface area contributed by atoms with Gasteiger partial charge >= 0.3 is 0 Å². The zero-order valence-corrected chi connectivity index (χ0v) is 16.3. The maximum absolute atomic E-state index is 12.0. The van der Waals surface area contributed by atoms with Crippen LogP contribution in [0.5, 0.6) is 11.5 Å². The summed E-state index contributed by atoms with van der Waals surface area (Å²) in [6, 6.07) is 6.80. The first-order valence-electron chi connectivity index (χ1n) is 8.03. The first-order chi connectivity index (χ1) is 11.4. The lowest BCUT2D eigenvalue weighted by Gasteiger charge is -2.26. The Morgan fingerprint density at radius 1 is 1.08 bits per heavy atom. The third kappa shape index (κ3) is 8.32. The topological polar surface area (TPSA) is 47.6 Å². The van der Waals surface area contributed by atoms with Crippen LogP contribution in [0.1, 0.15) is 45.4 Å². The number of alkyl halides is 3. The summed E-state index contributed by atoms with van der Waals surface area (Å²) >= 11 is 17.8. The van der Waals surface area contributed by atoms with Crippen molar-refractivity contribution in [3.63, 3.8) is 0 Å². The molecular weight excluding hydrogens is 373 g/mol. The number of carbonyl (C=O) groups is 1. The number of halogens is 3. The maximum Gasteiger partial charge on any atom is 0.246 e. The van der Waals surface area contributed by atoms with Gasteiger partial charge < -0.3 is 14.8 Å². The molecule has 0 saturated heterocycles. The minimum atomic E-state index is -1.78. The molecule has 136 valence electrons. The Labute approximate surface area is 158 Å². The van der Waals surface area contributed by atoms with Crippen molar-refractivity contribution in [2.45, 2.75) is 55.5 Å². The van der Waals surface area contributed by atoms with Crippen LogP contribution in [-0.2, 0) is 4.79 Å². The molecule has 0 bridgehead atoms. The van der Waals surface area contributed by atoms with Gasteiger partial charge in [0.1, 0.15) is 11.5 Å². The van der Waals surface area contributed by atoms with Crippen molar-refractivity contribution in [1.29, 1.82) is 0 Å². The molecule has 0 aliphatic heterocycles. The Morgan fingerprint density at radius 2 is 1.67 bits per heavy atom. The molecule has 4 nitrogen and oxygen atoms in total. The van der Waals surface area contributed by atoms with Gasteiger partial charge in [-0.05, 0) is 30.7 Å². The Balaban J connectivity index is 2.54. The van der Waals surface area contributed by atoms with Gasteiger partial charge in [-0.3, -0.25) is 4.79 Å². The highest BCUT2D eigenvalue weighted by atomic mass is 35.6. The van der Waals surface area contributed by atoms with Crippen LogP contribution >= 0.6 is 34.8 Å². The Bertz CT molecular complexity index is 489. The summed E-state index contributed by atoms with van der Waals surface area (Å²) < 4.78 is 8.91. The maximum atomic E-state index is 12.0. The summed E-state index contributed by atoms with van der Waals surface area (Å²) in [5, 5.41) is 2.64. The quantitative estimate of drug-likeness (QED) is 0.334. The van der Waals surface area contributed by atoms with Crippen LogP contribution in [0.15, 0.2) is 24.3 Å². The summed E-state index contributed by atoms with van der Waals surface area (Å²) in [6.07, 6.45) is 4.60. The van der Waals surface area contributed by atoms with Crippen molar-refractivity contribution in [3.05, 3.63) is 24.3 Å². The van der Waals surface area contributed by atoms with E-state index in [1.165, 1.54) is 6.42 Å². The molecule has 1 atom stereocenters. The smallest absolute Gasteiger partial charge is 0.246 e. The number of hydrogen-bond acceptors (Lipinski definition) is 3. The molecule has 1 aromatic rings. The molecule has 1 unspecified atom stereocenters. The predicted molar refractivity (Wildman–Crippen MR) is 99.2 cm³/mol. The van der Waals surface area contributed by atoms with Crippen molar-refractivity contribution in [1.82, 2.24) is 5.32 Å². The highest BCUT2D eigenvalue weighted by Gasteiger charge is 2.36. The largest absolute Gasteiger partial charge is 0.497 e. The van der Waals surface area contributed by atoms with Crippen LogP contribution in [0.25, 0.3) is 0 Å². The summed E-state index contributed by atoms with van der Waals surface area (Å²) in [5.41, 5.74) is 0. The molecule has 0 aromatic heterocycles. The van der Waals surface area contributed by atoms with Gasteiger partial charge in [-0.2, -0.15) is 0 Å². The molecule has 1 N–H and O–H groups in total. The zero-order valence-electron chi connectivity index (χ0n) is 14.0. The lowest BCUT2D eigenvalue weighted by molar-refractivity contribution is -0.123. The molecule has 0 aliphatic carbocycles. The minimum absolute atomic E-state index is 0.198. The van der Waals surface area contributed by atoms with E-state index < -0.39 is 10.0 Å². The second-order valence-corrected chi connectivity index (χ2v) is 7.82. The minimum Gasteiger partial charge on any atom is -0.497 e. The number of rotatable bonds is 10. The first kappa shape index (κ1) is 21.2. The van der Waals surface area contributed by atoms with Gasteiger partial charge in [0.05, 0.1) is 7.11 Å². The van der Waals surface area contributed by atoms with Crippen molar-refractivity contribution in [2.75, 3.05) is 7.11 Å². The summed E-state index contributed by atoms with van der Waals surface area (Å²) in [4.78, 5) is 12.0. The number of benzene rings is 1. The van der Waals surface area contributed by atoms with Crippen LogP contribution in [0.2, 0.25) is 0 Å². The zero-order chi connectivity index (χ0) is 18.0. The molecule has 0 spiro atoms. The van der Waals surface area contributed by atoms with Crippen LogP contribution in [0.4, 0.5) is 0 Å². The van der Waals surface area contributed by atoms with Crippen molar-refractivity contribution in [2.24, 2.45) is 0 Å². The number of hydrogen-bond donors (Lipinski definition) is 1. The summed E-state index contributed by atoms with van der Waals surface area (Å²) in [5.74, 6) is 0.954. The van der Waals surface area contributed by atoms with E-state index in [0.717, 1.165) is 25.7 Å². The van der Waals surface area contributed by atoms with Crippen molar-refractivity contribution < 1.29 is 14.3 Å². The fraction of sp³-hybridized carbons (Fsp3) is 0.588. The van der Waals surface area contributed by atoms with Crippen molar-refractivity contribution in [3.8, 4) is 11.5 Å². The number of nitrogens with one attached hydrogen (secondary N) is 1. The van der Waals surface area contributed by atoms with E-state index in [1.807, 2.05) is 0 Å². The number of methoxy groups -OCH3 is 1. The average Bonchev–Trinajstić information content (AvgIpc) is 2.54. The molecule has 0 radical (unpaired) electrons. The van der Waals surface area contributed by atoms with Gasteiger partial charge in [0.2, 0.25) is 15.9 Å². The van der Waals surface area contributed by atoms with E-state index in [9.17, 15) is 4.79 Å². The summed E-state index contributed by atoms with van der Waals surface area (Å²) in [6.45, 7) is 2.15. The van der Waals surface area contributed by atoms with E-state index in [4.69, 9.17) is 44.3 Å². The Hall–Kier alpha value is -0.840. The van der Waals surface area contributed by atoms with E-state index in [1.54, 1.807) is 31.4 Å². The monoisotopic (exact) mass is 395 g/mol. The second-order valence-electron chi connectivity index (χ2n) is 5.45. The fourth-order valence-corrected chi connectivity index (χ4v) is 2.37. The summed E-state index contributed by atoms with van der Waals surface area (Å²) in [7, 11) is 1.57. The average molecular weight is 397 g/mol. The second kappa shape index (κ2) is 10.9. The van der Waals surface area contributed by atoms with E-state index in [2.05, 4.69) is 12.2 Å². The molecule has 1 rings (SSSR count). The first-order valence-corrected chi connectivity index (χ1v) is 9.17. The Kier molecular flexibility index (Phi) is 9.64. The van der Waals surface area contributed by atoms with E-state index in [-0.39, 0.29) is 5.91 Å². The SMILES string of the molecule is CCCCCCCC(=O)NC(Oc1ccc(OC)cc1)C(Cl)(Cl)Cl. The lowest BCUT2D eigenvalue weighted by Crippen LogP contribution is -2.47. The standard InChI is InChI=1S/C17H24Cl3NO3/c1-3-4-5-6-7-8-15(22)21-16(17(18,19)20)24-14-11-9-13(23-2)10-12-14/h9-12,16H,3-8H2,1-2H3,(H,21,22). The highest BCUT2D eigenvalue weighted by Crippen LogP contribution is 2.32. The van der Waals surface area contributed by atoms with Crippen LogP contribution in [0, 0.1) is 0 Å². The molecule has 1 amide bonds. The van der Waals surface area contributed by atoms with Gasteiger partial charge in [0.25, 0.3) is 0 Å². The number of carbonyl (C=O) groups excluding carboxylic acids is 1. The number of ether oxygens (including phenoxy) is 2. The third-order valence-electron chi connectivity index (χ3n) is 3.41. The van der Waals surface area contributed by atoms with Gasteiger partial charge in [0, 0.05) is 6.42 Å². The Morgan fingerprint density at radius 3 is 2.21 bits per heavy atom. The van der Waals surface area contributed by atoms with Gasteiger partial charge in [0.15, 0.2) is 0 Å². The molecule has 0 fully saturated rings. The van der Waals surface area contributed by atoms with Gasteiger partial charge in [-0.15, -0.1) is 0 Å². The number of amides is 1. The molecule has 1 aromatic carbocycles. The normalized spacial score (nSPS) is 12.5. The molecule has 7 heteroatoms. The predicted octanol–water partition coefficient (Wildman–Crippen LogP) is 5.25. The lowest BCUT2D eigenvalue weighted by atomic mass is 10.1. The molecule has 0 aliphatic rings. The van der Waals surface area contributed by atoms with Crippen LogP contribution < -0.4 is 14.8 Å². The van der Waals surface area contributed by atoms with E-state index >= 15 is 0 Å². The number of unbranched alkanes of at least 4 members (excludes halogenated alkanes) is 4. The van der Waals surface area contributed by atoms with Gasteiger partial charge in [-0.1, -0.05) is 67.4 Å². The fourth-order valence-electron chi connectivity index (χ4n) is 2.08. The highest BCUT2D eigenvalue weighted by molar-refractivity contribution is 6.68. The van der Waals surface area contributed by atoms with Gasteiger partial charge in [-0.25, -0.2) is 0 Å². The molecule has 24 heavy (non-hydrogen) atoms. The third-order valence-corrected chi connectivity index (χ3v) is 4.00. The molecule has 0 heterocycles. The molecule has 0 saturated carbocycles. The van der Waals surface area contributed by atoms with Crippen LogP contribution in [-0.4, -0.2) is 23.0 Å².